The molecule has 32 heavy (non-hydrogen) atoms. The Morgan fingerprint density at radius 1 is 0.875 bits per heavy atom. The van der Waals surface area contributed by atoms with Gasteiger partial charge in [0.05, 0.1) is 16.3 Å². The molecule has 0 aliphatic heterocycles. The van der Waals surface area contributed by atoms with Crippen molar-refractivity contribution in [2.45, 2.75) is 5.60 Å². The third kappa shape index (κ3) is 4.32. The van der Waals surface area contributed by atoms with Gasteiger partial charge in [-0.15, -0.1) is 0 Å². The summed E-state index contributed by atoms with van der Waals surface area (Å²) in [6.07, 6.45) is 1.34. The van der Waals surface area contributed by atoms with Gasteiger partial charge in [0.1, 0.15) is 11.5 Å². The third-order valence-electron chi connectivity index (χ3n) is 4.91. The number of halogens is 2. The molecule has 0 aliphatic carbocycles. The number of amides is 1. The summed E-state index contributed by atoms with van der Waals surface area (Å²) in [5.74, 6) is 0.200. The summed E-state index contributed by atoms with van der Waals surface area (Å²) in [5, 5.41) is 16.2. The van der Waals surface area contributed by atoms with Crippen LogP contribution >= 0.6 is 23.2 Å². The number of hydrogen-bond acceptors (Lipinski definition) is 4. The molecule has 0 aliphatic rings. The number of hydrogen-bond donors (Lipinski definition) is 2. The molecule has 0 saturated carbocycles. The van der Waals surface area contributed by atoms with Gasteiger partial charge in [0.15, 0.2) is 5.60 Å². The topological polar surface area (TPSA) is 74.8 Å². The molecule has 0 atom stereocenters. The van der Waals surface area contributed by atoms with Crippen molar-refractivity contribution in [1.29, 1.82) is 0 Å². The highest BCUT2D eigenvalue weighted by atomic mass is 35.5. The normalized spacial score (nSPS) is 11.6. The summed E-state index contributed by atoms with van der Waals surface area (Å²) < 4.78 is 5.74. The van der Waals surface area contributed by atoms with Crippen molar-refractivity contribution >= 4 is 35.3 Å². The molecule has 0 fully saturated rings. The van der Waals surface area contributed by atoms with E-state index in [4.69, 9.17) is 27.6 Å². The van der Waals surface area contributed by atoms with Crippen LogP contribution in [0.1, 0.15) is 16.9 Å². The number of rotatable bonds is 6. The second-order valence-electron chi connectivity index (χ2n) is 6.94. The van der Waals surface area contributed by atoms with E-state index in [1.165, 1.54) is 6.21 Å². The van der Waals surface area contributed by atoms with E-state index in [0.717, 1.165) is 0 Å². The fraction of sp³-hybridized carbons (Fsp3) is 0.0400. The van der Waals surface area contributed by atoms with Crippen LogP contribution in [-0.4, -0.2) is 17.2 Å². The minimum Gasteiger partial charge on any atom is -0.455 e. The number of furan rings is 1. The predicted octanol–water partition coefficient (Wildman–Crippen LogP) is 5.64. The number of carbonyl (C=O) groups is 1. The standard InChI is InChI=1S/C25H18Cl2N2O3/c26-21-13-7-12-20(23(21)27)22-15-14-19(32-22)16-28-29-24(30)25(31,17-8-3-1-4-9-17)18-10-5-2-6-11-18/h1-16,31H,(H,29,30)/b28-16+. The van der Waals surface area contributed by atoms with Crippen LogP contribution in [0.15, 0.2) is 101 Å². The van der Waals surface area contributed by atoms with E-state index in [2.05, 4.69) is 10.5 Å². The molecular weight excluding hydrogens is 447 g/mol. The average Bonchev–Trinajstić information content (AvgIpc) is 3.30. The van der Waals surface area contributed by atoms with E-state index in [0.29, 0.717) is 38.3 Å². The summed E-state index contributed by atoms with van der Waals surface area (Å²) in [7, 11) is 0. The van der Waals surface area contributed by atoms with Crippen LogP contribution in [0.25, 0.3) is 11.3 Å². The summed E-state index contributed by atoms with van der Waals surface area (Å²) in [6, 6.07) is 26.0. The lowest BCUT2D eigenvalue weighted by atomic mass is 9.85. The van der Waals surface area contributed by atoms with Crippen molar-refractivity contribution in [2.75, 3.05) is 0 Å². The molecule has 0 unspecified atom stereocenters. The number of hydrazone groups is 1. The Labute approximate surface area is 194 Å². The molecule has 2 N–H and O–H groups in total. The zero-order valence-corrected chi connectivity index (χ0v) is 18.2. The van der Waals surface area contributed by atoms with E-state index in [1.54, 1.807) is 78.9 Å². The van der Waals surface area contributed by atoms with Crippen LogP contribution in [0, 0.1) is 0 Å². The number of nitrogens with one attached hydrogen (secondary N) is 1. The van der Waals surface area contributed by atoms with Gasteiger partial charge in [0.2, 0.25) is 0 Å². The second kappa shape index (κ2) is 9.40. The van der Waals surface area contributed by atoms with Crippen LogP contribution in [0.2, 0.25) is 10.0 Å². The summed E-state index contributed by atoms with van der Waals surface area (Å²) in [5.41, 5.74) is 1.99. The Hall–Kier alpha value is -3.38. The molecule has 1 amide bonds. The maximum absolute atomic E-state index is 13.0. The molecule has 4 rings (SSSR count). The monoisotopic (exact) mass is 464 g/mol. The molecule has 1 aromatic heterocycles. The van der Waals surface area contributed by atoms with Crippen LogP contribution in [0.4, 0.5) is 0 Å². The van der Waals surface area contributed by atoms with Crippen LogP contribution in [-0.2, 0) is 10.4 Å². The Morgan fingerprint density at radius 2 is 1.50 bits per heavy atom. The molecule has 5 nitrogen and oxygen atoms in total. The molecule has 160 valence electrons. The lowest BCUT2D eigenvalue weighted by Gasteiger charge is -2.26. The zero-order valence-electron chi connectivity index (χ0n) is 16.7. The van der Waals surface area contributed by atoms with E-state index in [-0.39, 0.29) is 0 Å². The van der Waals surface area contributed by atoms with Crippen molar-refractivity contribution in [3.8, 4) is 11.3 Å². The van der Waals surface area contributed by atoms with Crippen LogP contribution in [0.3, 0.4) is 0 Å². The van der Waals surface area contributed by atoms with Crippen molar-refractivity contribution in [2.24, 2.45) is 5.10 Å². The third-order valence-corrected chi connectivity index (χ3v) is 5.73. The number of aliphatic hydroxyl groups is 1. The highest BCUT2D eigenvalue weighted by Crippen LogP contribution is 2.34. The number of benzene rings is 3. The highest BCUT2D eigenvalue weighted by molar-refractivity contribution is 6.43. The van der Waals surface area contributed by atoms with Crippen LogP contribution in [0.5, 0.6) is 0 Å². The summed E-state index contributed by atoms with van der Waals surface area (Å²) >= 11 is 12.3. The van der Waals surface area contributed by atoms with Crippen molar-refractivity contribution in [3.63, 3.8) is 0 Å². The molecule has 3 aromatic carbocycles. The minimum atomic E-state index is -1.91. The van der Waals surface area contributed by atoms with E-state index < -0.39 is 11.5 Å². The van der Waals surface area contributed by atoms with Gasteiger partial charge in [0, 0.05) is 5.56 Å². The molecule has 0 radical (unpaired) electrons. The Bertz CT molecular complexity index is 1220. The van der Waals surface area contributed by atoms with Gasteiger partial charge in [-0.25, -0.2) is 5.43 Å². The Balaban J connectivity index is 1.56. The largest absolute Gasteiger partial charge is 0.455 e. The maximum Gasteiger partial charge on any atom is 0.281 e. The van der Waals surface area contributed by atoms with Crippen molar-refractivity contribution in [1.82, 2.24) is 5.43 Å². The predicted molar refractivity (Wildman–Crippen MR) is 126 cm³/mol. The first-order chi connectivity index (χ1) is 15.5. The molecule has 7 heteroatoms. The lowest BCUT2D eigenvalue weighted by Crippen LogP contribution is -2.43. The highest BCUT2D eigenvalue weighted by Gasteiger charge is 2.39. The van der Waals surface area contributed by atoms with Gasteiger partial charge in [-0.05, 0) is 35.4 Å². The Morgan fingerprint density at radius 3 is 2.12 bits per heavy atom. The zero-order chi connectivity index (χ0) is 22.6. The molecular formula is C25H18Cl2N2O3. The summed E-state index contributed by atoms with van der Waals surface area (Å²) in [6.45, 7) is 0. The van der Waals surface area contributed by atoms with Gasteiger partial charge in [-0.3, -0.25) is 4.79 Å². The first-order valence-corrected chi connectivity index (χ1v) is 10.5. The van der Waals surface area contributed by atoms with E-state index in [1.807, 2.05) is 12.1 Å². The van der Waals surface area contributed by atoms with Crippen LogP contribution < -0.4 is 5.43 Å². The smallest absolute Gasteiger partial charge is 0.281 e. The average molecular weight is 465 g/mol. The van der Waals surface area contributed by atoms with Gasteiger partial charge < -0.3 is 9.52 Å². The Kier molecular flexibility index (Phi) is 6.42. The maximum atomic E-state index is 13.0. The quantitative estimate of drug-likeness (QED) is 0.286. The lowest BCUT2D eigenvalue weighted by molar-refractivity contribution is -0.136. The number of nitrogens with zero attached hydrogens (tertiary/aromatic N) is 1. The van der Waals surface area contributed by atoms with Crippen molar-refractivity contribution in [3.05, 3.63) is 118 Å². The van der Waals surface area contributed by atoms with Gasteiger partial charge >= 0.3 is 0 Å². The van der Waals surface area contributed by atoms with Gasteiger partial charge in [-0.2, -0.15) is 5.10 Å². The molecule has 0 saturated heterocycles. The fourth-order valence-corrected chi connectivity index (χ4v) is 3.68. The molecule has 4 aromatic rings. The van der Waals surface area contributed by atoms with Gasteiger partial charge in [-0.1, -0.05) is 89.9 Å². The van der Waals surface area contributed by atoms with Crippen molar-refractivity contribution < 1.29 is 14.3 Å². The SMILES string of the molecule is O=C(N/N=C/c1ccc(-c2cccc(Cl)c2Cl)o1)C(O)(c1ccccc1)c1ccccc1. The fourth-order valence-electron chi connectivity index (χ4n) is 3.28. The van der Waals surface area contributed by atoms with E-state index in [9.17, 15) is 9.90 Å². The number of carbonyl (C=O) groups excluding carboxylic acids is 1. The minimum absolute atomic E-state index is 0.385. The first kappa shape index (κ1) is 21.8. The first-order valence-electron chi connectivity index (χ1n) is 9.71. The molecule has 0 spiro atoms. The van der Waals surface area contributed by atoms with E-state index >= 15 is 0 Å². The molecule has 1 heterocycles. The molecule has 0 bridgehead atoms. The summed E-state index contributed by atoms with van der Waals surface area (Å²) in [4.78, 5) is 13.0. The van der Waals surface area contributed by atoms with Gasteiger partial charge in [0.25, 0.3) is 5.91 Å². The second-order valence-corrected chi connectivity index (χ2v) is 7.73.